The zero-order chi connectivity index (χ0) is 7.84. The van der Waals surface area contributed by atoms with Crippen LogP contribution in [0.2, 0.25) is 0 Å². The van der Waals surface area contributed by atoms with Crippen molar-refractivity contribution >= 4 is 17.0 Å². The van der Waals surface area contributed by atoms with Crippen molar-refractivity contribution in [2.75, 3.05) is 0 Å². The molecule has 0 aliphatic carbocycles. The summed E-state index contributed by atoms with van der Waals surface area (Å²) in [4.78, 5) is 10.4. The van der Waals surface area contributed by atoms with Crippen LogP contribution in [0.15, 0.2) is 24.3 Å². The molecular formula is C8H7NO2. The summed E-state index contributed by atoms with van der Waals surface area (Å²) in [6, 6.07) is 7.66. The second-order valence-corrected chi connectivity index (χ2v) is 2.50. The van der Waals surface area contributed by atoms with Crippen LogP contribution in [0.5, 0.6) is 0 Å². The van der Waals surface area contributed by atoms with Gasteiger partial charge in [-0.3, -0.25) is 4.79 Å². The quantitative estimate of drug-likeness (QED) is 0.696. The standard InChI is InChI=1S/C8H7NO2/c10-8(11)5-9-6-1-2-7(9)4-3-6/h1-4H,5H2,(H,10,11). The highest BCUT2D eigenvalue weighted by molar-refractivity contribution is 5.74. The molecule has 0 fully saturated rings. The number of aromatic nitrogens is 1. The lowest BCUT2D eigenvalue weighted by Gasteiger charge is -1.96. The predicted octanol–water partition coefficient (Wildman–Crippen LogP) is 1.16. The van der Waals surface area contributed by atoms with Crippen LogP contribution in [0, 0.1) is 0 Å². The fraction of sp³-hybridized carbons (Fsp3) is 0.125. The van der Waals surface area contributed by atoms with Gasteiger partial charge < -0.3 is 9.67 Å². The van der Waals surface area contributed by atoms with E-state index in [-0.39, 0.29) is 6.54 Å². The Kier molecular flexibility index (Phi) is 1.12. The zero-order valence-corrected chi connectivity index (χ0v) is 5.82. The van der Waals surface area contributed by atoms with Gasteiger partial charge in [0.2, 0.25) is 0 Å². The fourth-order valence-electron chi connectivity index (χ4n) is 1.28. The third-order valence-electron chi connectivity index (χ3n) is 1.77. The lowest BCUT2D eigenvalue weighted by atomic mass is 10.4. The summed E-state index contributed by atoms with van der Waals surface area (Å²) in [7, 11) is 0. The van der Waals surface area contributed by atoms with E-state index >= 15 is 0 Å². The monoisotopic (exact) mass is 149 g/mol. The van der Waals surface area contributed by atoms with Crippen molar-refractivity contribution in [2.45, 2.75) is 6.54 Å². The molecule has 0 amide bonds. The van der Waals surface area contributed by atoms with E-state index < -0.39 is 5.97 Å². The number of fused-ring (bicyclic) bond motifs is 2. The molecule has 0 aromatic carbocycles. The van der Waals surface area contributed by atoms with Gasteiger partial charge in [-0.1, -0.05) is 0 Å². The Hall–Kier alpha value is -1.51. The summed E-state index contributed by atoms with van der Waals surface area (Å²) < 4.78 is 1.77. The maximum absolute atomic E-state index is 10.4. The first-order valence-corrected chi connectivity index (χ1v) is 3.37. The zero-order valence-electron chi connectivity index (χ0n) is 5.82. The molecule has 2 bridgehead atoms. The number of carbonyl (C=O) groups is 1. The van der Waals surface area contributed by atoms with Gasteiger partial charge in [0.1, 0.15) is 6.54 Å². The highest BCUT2D eigenvalue weighted by Crippen LogP contribution is 2.15. The molecule has 2 aromatic heterocycles. The number of carboxylic acids is 1. The molecule has 0 spiro atoms. The molecule has 2 aromatic rings. The van der Waals surface area contributed by atoms with Crippen LogP contribution >= 0.6 is 0 Å². The van der Waals surface area contributed by atoms with Crippen LogP contribution in [0.4, 0.5) is 0 Å². The van der Waals surface area contributed by atoms with Crippen LogP contribution in [-0.2, 0) is 11.3 Å². The molecule has 2 heterocycles. The van der Waals surface area contributed by atoms with E-state index in [4.69, 9.17) is 5.11 Å². The SMILES string of the molecule is O=C(O)Cn1c2ccc1cc2. The van der Waals surface area contributed by atoms with Crippen molar-refractivity contribution in [1.82, 2.24) is 4.57 Å². The summed E-state index contributed by atoms with van der Waals surface area (Å²) in [6.07, 6.45) is 0. The second-order valence-electron chi connectivity index (χ2n) is 2.50. The van der Waals surface area contributed by atoms with E-state index in [1.807, 2.05) is 24.3 Å². The predicted molar refractivity (Wildman–Crippen MR) is 40.8 cm³/mol. The topological polar surface area (TPSA) is 42.2 Å². The Balaban J connectivity index is 2.45. The van der Waals surface area contributed by atoms with Crippen LogP contribution in [0.25, 0.3) is 11.0 Å². The number of aliphatic carboxylic acids is 1. The van der Waals surface area contributed by atoms with Gasteiger partial charge in [-0.15, -0.1) is 0 Å². The number of benzene rings is 1. The first-order chi connectivity index (χ1) is 5.27. The van der Waals surface area contributed by atoms with Crippen molar-refractivity contribution in [1.29, 1.82) is 0 Å². The van der Waals surface area contributed by atoms with Gasteiger partial charge in [-0.05, 0) is 24.3 Å². The van der Waals surface area contributed by atoms with Crippen molar-refractivity contribution < 1.29 is 9.90 Å². The molecule has 0 saturated heterocycles. The summed E-state index contributed by atoms with van der Waals surface area (Å²) in [5.74, 6) is -0.799. The Morgan fingerprint density at radius 3 is 2.09 bits per heavy atom. The molecule has 0 unspecified atom stereocenters. The van der Waals surface area contributed by atoms with Crippen LogP contribution in [0.3, 0.4) is 0 Å². The van der Waals surface area contributed by atoms with Gasteiger partial charge in [0.25, 0.3) is 0 Å². The minimum absolute atomic E-state index is 0.0602. The maximum Gasteiger partial charge on any atom is 0.323 e. The molecule has 0 radical (unpaired) electrons. The number of carboxylic acid groups (broad SMARTS) is 1. The van der Waals surface area contributed by atoms with Crippen molar-refractivity contribution in [3.05, 3.63) is 24.3 Å². The summed E-state index contributed by atoms with van der Waals surface area (Å²) in [5, 5.41) is 8.51. The average Bonchev–Trinajstić information content (AvgIpc) is 2.48. The molecule has 0 atom stereocenters. The van der Waals surface area contributed by atoms with E-state index in [1.165, 1.54) is 0 Å². The Bertz CT molecular complexity index is 329. The van der Waals surface area contributed by atoms with Crippen molar-refractivity contribution in [2.24, 2.45) is 0 Å². The summed E-state index contributed by atoms with van der Waals surface area (Å²) >= 11 is 0. The molecule has 11 heavy (non-hydrogen) atoms. The lowest BCUT2D eigenvalue weighted by Crippen LogP contribution is -2.06. The normalized spacial score (nSPS) is 10.9. The maximum atomic E-state index is 10.4. The average molecular weight is 149 g/mol. The second kappa shape index (κ2) is 1.99. The molecule has 56 valence electrons. The van der Waals surface area contributed by atoms with E-state index in [0.29, 0.717) is 0 Å². The number of hydrogen-bond donors (Lipinski definition) is 1. The van der Waals surface area contributed by atoms with Crippen LogP contribution < -0.4 is 0 Å². The highest BCUT2D eigenvalue weighted by Gasteiger charge is 2.05. The van der Waals surface area contributed by atoms with Gasteiger partial charge in [0.15, 0.2) is 0 Å². The highest BCUT2D eigenvalue weighted by atomic mass is 16.4. The number of rotatable bonds is 2. The Morgan fingerprint density at radius 1 is 1.27 bits per heavy atom. The smallest absolute Gasteiger partial charge is 0.323 e. The number of hydrogen-bond acceptors (Lipinski definition) is 1. The molecule has 3 heteroatoms. The van der Waals surface area contributed by atoms with Gasteiger partial charge >= 0.3 is 5.97 Å². The van der Waals surface area contributed by atoms with E-state index in [9.17, 15) is 4.79 Å². The minimum Gasteiger partial charge on any atom is -0.480 e. The number of nitrogens with zero attached hydrogens (tertiary/aromatic N) is 1. The first kappa shape index (κ1) is 6.22. The van der Waals surface area contributed by atoms with E-state index in [1.54, 1.807) is 4.57 Å². The largest absolute Gasteiger partial charge is 0.480 e. The minimum atomic E-state index is -0.799. The van der Waals surface area contributed by atoms with Crippen molar-refractivity contribution in [3.63, 3.8) is 0 Å². The third kappa shape index (κ3) is 0.852. The van der Waals surface area contributed by atoms with E-state index in [0.717, 1.165) is 11.0 Å². The van der Waals surface area contributed by atoms with E-state index in [2.05, 4.69) is 0 Å². The molecule has 2 rings (SSSR count). The summed E-state index contributed by atoms with van der Waals surface area (Å²) in [5.41, 5.74) is 1.95. The lowest BCUT2D eigenvalue weighted by molar-refractivity contribution is -0.137. The van der Waals surface area contributed by atoms with Gasteiger partial charge in [-0.2, -0.15) is 0 Å². The van der Waals surface area contributed by atoms with Gasteiger partial charge in [-0.25, -0.2) is 0 Å². The molecule has 0 aliphatic heterocycles. The first-order valence-electron chi connectivity index (χ1n) is 3.37. The molecular weight excluding hydrogens is 142 g/mol. The summed E-state index contributed by atoms with van der Waals surface area (Å²) in [6.45, 7) is 0.0602. The van der Waals surface area contributed by atoms with Gasteiger partial charge in [0.05, 0.1) is 0 Å². The molecule has 0 saturated carbocycles. The van der Waals surface area contributed by atoms with Crippen LogP contribution in [0.1, 0.15) is 0 Å². The Morgan fingerprint density at radius 2 is 1.73 bits per heavy atom. The fourth-order valence-corrected chi connectivity index (χ4v) is 1.28. The Labute approximate surface area is 63.2 Å². The van der Waals surface area contributed by atoms with Gasteiger partial charge in [0, 0.05) is 11.0 Å². The third-order valence-corrected chi connectivity index (χ3v) is 1.77. The van der Waals surface area contributed by atoms with Crippen LogP contribution in [-0.4, -0.2) is 15.6 Å². The molecule has 0 aliphatic rings. The molecule has 1 N–H and O–H groups in total. The molecule has 3 nitrogen and oxygen atoms in total. The van der Waals surface area contributed by atoms with Crippen molar-refractivity contribution in [3.8, 4) is 0 Å².